The van der Waals surface area contributed by atoms with Crippen LogP contribution in [-0.2, 0) is 9.53 Å². The fraction of sp³-hybridized carbons (Fsp3) is 0.125. The number of nitrogens with two attached hydrogens (primary N) is 1. The smallest absolute Gasteiger partial charge is 0.339 e. The Labute approximate surface area is 130 Å². The number of esters is 1. The molecule has 0 radical (unpaired) electrons. The van der Waals surface area contributed by atoms with E-state index in [1.165, 1.54) is 24.3 Å². The summed E-state index contributed by atoms with van der Waals surface area (Å²) >= 11 is 0. The first kappa shape index (κ1) is 14.8. The molecule has 1 amide bonds. The molecule has 0 spiro atoms. The Kier molecular flexibility index (Phi) is 3.84. The topological polar surface area (TPSA) is 87.9 Å². The minimum Gasteiger partial charge on any atom is -0.454 e. The maximum absolute atomic E-state index is 13.0. The molecule has 6 nitrogen and oxygen atoms in total. The highest BCUT2D eigenvalue weighted by Crippen LogP contribution is 2.33. The molecular weight excluding hydrogens is 305 g/mol. The van der Waals surface area contributed by atoms with Crippen LogP contribution in [0.25, 0.3) is 0 Å². The number of amides is 1. The van der Waals surface area contributed by atoms with E-state index in [-0.39, 0.29) is 17.9 Å². The van der Waals surface area contributed by atoms with E-state index in [9.17, 15) is 14.0 Å². The highest BCUT2D eigenvalue weighted by Gasteiger charge is 2.25. The molecule has 1 unspecified atom stereocenters. The molecule has 0 aliphatic carbocycles. The van der Waals surface area contributed by atoms with Gasteiger partial charge in [-0.05, 0) is 30.3 Å². The summed E-state index contributed by atoms with van der Waals surface area (Å²) in [6.45, 7) is 0.0767. The number of halogens is 1. The summed E-state index contributed by atoms with van der Waals surface area (Å²) in [6.07, 6.45) is -1.31. The average Bonchev–Trinajstić information content (AvgIpc) is 3.00. The lowest BCUT2D eigenvalue weighted by molar-refractivity contribution is -0.127. The second kappa shape index (κ2) is 5.96. The quantitative estimate of drug-likeness (QED) is 0.871. The van der Waals surface area contributed by atoms with Crippen molar-refractivity contribution in [1.29, 1.82) is 0 Å². The van der Waals surface area contributed by atoms with Crippen LogP contribution in [0.15, 0.2) is 42.5 Å². The van der Waals surface area contributed by atoms with Gasteiger partial charge in [-0.3, -0.25) is 4.79 Å². The lowest BCUT2D eigenvalue weighted by Gasteiger charge is -2.15. The van der Waals surface area contributed by atoms with Crippen LogP contribution in [0.3, 0.4) is 0 Å². The first-order chi connectivity index (χ1) is 11.0. The van der Waals surface area contributed by atoms with Gasteiger partial charge in [0.1, 0.15) is 5.82 Å². The van der Waals surface area contributed by atoms with E-state index in [2.05, 4.69) is 0 Å². The minimum atomic E-state index is -1.31. The Hall–Kier alpha value is -3.09. The number of fused-ring (bicyclic) bond motifs is 1. The fourth-order valence-corrected chi connectivity index (χ4v) is 2.13. The van der Waals surface area contributed by atoms with Crippen LogP contribution in [0, 0.1) is 5.82 Å². The summed E-state index contributed by atoms with van der Waals surface area (Å²) in [4.78, 5) is 23.7. The van der Waals surface area contributed by atoms with Gasteiger partial charge < -0.3 is 19.9 Å². The Morgan fingerprint density at radius 2 is 1.78 bits per heavy atom. The molecule has 1 atom stereocenters. The van der Waals surface area contributed by atoms with Crippen LogP contribution in [0.2, 0.25) is 0 Å². The number of benzene rings is 2. The van der Waals surface area contributed by atoms with E-state index in [0.29, 0.717) is 11.5 Å². The number of carbonyl (C=O) groups is 2. The van der Waals surface area contributed by atoms with Crippen molar-refractivity contribution in [2.75, 3.05) is 6.79 Å². The molecule has 7 heteroatoms. The lowest BCUT2D eigenvalue weighted by Crippen LogP contribution is -2.26. The van der Waals surface area contributed by atoms with Crippen molar-refractivity contribution < 1.29 is 28.2 Å². The maximum atomic E-state index is 13.0. The van der Waals surface area contributed by atoms with Crippen molar-refractivity contribution >= 4 is 11.9 Å². The van der Waals surface area contributed by atoms with Gasteiger partial charge in [0.05, 0.1) is 5.56 Å². The van der Waals surface area contributed by atoms with E-state index in [1.807, 2.05) is 0 Å². The molecule has 2 aromatic rings. The van der Waals surface area contributed by atoms with E-state index in [4.69, 9.17) is 19.9 Å². The molecule has 23 heavy (non-hydrogen) atoms. The summed E-state index contributed by atoms with van der Waals surface area (Å²) in [5.74, 6) is -1.15. The largest absolute Gasteiger partial charge is 0.454 e. The first-order valence-electron chi connectivity index (χ1n) is 6.70. The molecule has 0 aromatic heterocycles. The molecular formula is C16H12FNO5. The van der Waals surface area contributed by atoms with Crippen LogP contribution < -0.4 is 15.2 Å². The molecule has 2 aromatic carbocycles. The van der Waals surface area contributed by atoms with Gasteiger partial charge in [-0.15, -0.1) is 0 Å². The van der Waals surface area contributed by atoms with Crippen LogP contribution >= 0.6 is 0 Å². The Bertz CT molecular complexity index is 760. The summed E-state index contributed by atoms with van der Waals surface area (Å²) in [5, 5.41) is 0. The SMILES string of the molecule is NC(=O)C(OC(=O)c1ccc2c(c1)OCO2)c1ccc(F)cc1. The third-order valence-corrected chi connectivity index (χ3v) is 3.26. The van der Waals surface area contributed by atoms with Crippen LogP contribution in [0.4, 0.5) is 4.39 Å². The Balaban J connectivity index is 1.81. The fourth-order valence-electron chi connectivity index (χ4n) is 2.13. The maximum Gasteiger partial charge on any atom is 0.339 e. The first-order valence-corrected chi connectivity index (χ1v) is 6.70. The van der Waals surface area contributed by atoms with Crippen molar-refractivity contribution in [3.8, 4) is 11.5 Å². The van der Waals surface area contributed by atoms with Crippen molar-refractivity contribution in [2.24, 2.45) is 5.73 Å². The van der Waals surface area contributed by atoms with Crippen molar-refractivity contribution in [3.63, 3.8) is 0 Å². The molecule has 1 heterocycles. The predicted octanol–water partition coefficient (Wildman–Crippen LogP) is 1.94. The van der Waals surface area contributed by atoms with Crippen molar-refractivity contribution in [1.82, 2.24) is 0 Å². The third-order valence-electron chi connectivity index (χ3n) is 3.26. The molecule has 118 valence electrons. The highest BCUT2D eigenvalue weighted by molar-refractivity contribution is 5.93. The van der Waals surface area contributed by atoms with Crippen LogP contribution in [0.5, 0.6) is 11.5 Å². The molecule has 0 bridgehead atoms. The van der Waals surface area contributed by atoms with E-state index < -0.39 is 23.8 Å². The molecule has 2 N–H and O–H groups in total. The summed E-state index contributed by atoms with van der Waals surface area (Å²) in [7, 11) is 0. The molecule has 3 rings (SSSR count). The van der Waals surface area contributed by atoms with E-state index >= 15 is 0 Å². The van der Waals surface area contributed by atoms with Crippen molar-refractivity contribution in [3.05, 3.63) is 59.4 Å². The summed E-state index contributed by atoms with van der Waals surface area (Å²) in [5.41, 5.74) is 5.74. The zero-order valence-electron chi connectivity index (χ0n) is 11.8. The zero-order chi connectivity index (χ0) is 16.4. The molecule has 0 saturated carbocycles. The third kappa shape index (κ3) is 3.08. The van der Waals surface area contributed by atoms with Crippen LogP contribution in [-0.4, -0.2) is 18.7 Å². The van der Waals surface area contributed by atoms with Crippen LogP contribution in [0.1, 0.15) is 22.0 Å². The summed E-state index contributed by atoms with van der Waals surface area (Å²) in [6, 6.07) is 9.47. The van der Waals surface area contributed by atoms with Gasteiger partial charge in [0.15, 0.2) is 11.5 Å². The lowest BCUT2D eigenvalue weighted by atomic mass is 10.1. The molecule has 0 saturated heterocycles. The number of primary amides is 1. The Morgan fingerprint density at radius 3 is 2.48 bits per heavy atom. The normalized spacial score (nSPS) is 13.4. The van der Waals surface area contributed by atoms with Gasteiger partial charge in [-0.2, -0.15) is 0 Å². The highest BCUT2D eigenvalue weighted by atomic mass is 19.1. The molecule has 1 aliphatic heterocycles. The number of hydrogen-bond acceptors (Lipinski definition) is 5. The van der Waals surface area contributed by atoms with E-state index in [0.717, 1.165) is 12.1 Å². The van der Waals surface area contributed by atoms with Gasteiger partial charge in [0.25, 0.3) is 5.91 Å². The number of rotatable bonds is 4. The number of hydrogen-bond donors (Lipinski definition) is 1. The zero-order valence-corrected chi connectivity index (χ0v) is 11.8. The van der Waals surface area contributed by atoms with Gasteiger partial charge in [0.2, 0.25) is 12.9 Å². The average molecular weight is 317 g/mol. The predicted molar refractivity (Wildman–Crippen MR) is 76.3 cm³/mol. The van der Waals surface area contributed by atoms with E-state index in [1.54, 1.807) is 6.07 Å². The standard InChI is InChI=1S/C16H12FNO5/c17-11-4-1-9(2-5-11)14(15(18)19)23-16(20)10-3-6-12-13(7-10)22-8-21-12/h1-7,14H,8H2,(H2,18,19). The van der Waals surface area contributed by atoms with Gasteiger partial charge in [-0.1, -0.05) is 12.1 Å². The number of ether oxygens (including phenoxy) is 3. The van der Waals surface area contributed by atoms with Gasteiger partial charge in [0, 0.05) is 5.56 Å². The van der Waals surface area contributed by atoms with Gasteiger partial charge in [-0.25, -0.2) is 9.18 Å². The monoisotopic (exact) mass is 317 g/mol. The van der Waals surface area contributed by atoms with Gasteiger partial charge >= 0.3 is 5.97 Å². The number of carbonyl (C=O) groups excluding carboxylic acids is 2. The second-order valence-corrected chi connectivity index (χ2v) is 4.81. The molecule has 1 aliphatic rings. The summed E-state index contributed by atoms with van der Waals surface area (Å²) < 4.78 is 28.4. The Morgan fingerprint density at radius 1 is 1.09 bits per heavy atom. The second-order valence-electron chi connectivity index (χ2n) is 4.81. The minimum absolute atomic E-state index is 0.0767. The molecule has 0 fully saturated rings. The van der Waals surface area contributed by atoms with Crippen molar-refractivity contribution in [2.45, 2.75) is 6.10 Å².